The maximum atomic E-state index is 12.7. The Morgan fingerprint density at radius 1 is 1.52 bits per heavy atom. The minimum Gasteiger partial charge on any atom is -0.480 e. The molecule has 9 heteroatoms. The molecule has 0 saturated carbocycles. The topological polar surface area (TPSA) is 98.5 Å². The lowest BCUT2D eigenvalue weighted by molar-refractivity contribution is -0.140. The zero-order valence-corrected chi connectivity index (χ0v) is 13.1. The summed E-state index contributed by atoms with van der Waals surface area (Å²) < 4.78 is 26.2. The van der Waals surface area contributed by atoms with Crippen LogP contribution in [0.5, 0.6) is 0 Å². The van der Waals surface area contributed by atoms with Crippen LogP contribution in [-0.2, 0) is 14.8 Å². The van der Waals surface area contributed by atoms with Crippen LogP contribution in [0.15, 0.2) is 23.1 Å². The molecule has 2 rings (SSSR count). The molecule has 1 aromatic carbocycles. The van der Waals surface area contributed by atoms with E-state index in [1.807, 2.05) is 6.07 Å². The minimum absolute atomic E-state index is 0.0311. The minimum atomic E-state index is -4.06. The predicted molar refractivity (Wildman–Crippen MR) is 78.8 cm³/mol. The molecule has 1 N–H and O–H groups in total. The lowest BCUT2D eigenvalue weighted by Gasteiger charge is -2.31. The van der Waals surface area contributed by atoms with Crippen LogP contribution in [-0.4, -0.2) is 47.9 Å². The van der Waals surface area contributed by atoms with Gasteiger partial charge in [-0.25, -0.2) is 8.42 Å². The van der Waals surface area contributed by atoms with Gasteiger partial charge in [0.1, 0.15) is 10.9 Å². The van der Waals surface area contributed by atoms with Gasteiger partial charge in [0.25, 0.3) is 0 Å². The summed E-state index contributed by atoms with van der Waals surface area (Å²) in [5.41, 5.74) is 0.149. The van der Waals surface area contributed by atoms with Gasteiger partial charge in [0.15, 0.2) is 0 Å². The van der Waals surface area contributed by atoms with Gasteiger partial charge in [-0.3, -0.25) is 4.79 Å². The molecule has 1 heterocycles. The number of thioether (sulfide) groups is 1. The van der Waals surface area contributed by atoms with Crippen molar-refractivity contribution >= 4 is 39.4 Å². The summed E-state index contributed by atoms with van der Waals surface area (Å²) in [7, 11) is -4.06. The summed E-state index contributed by atoms with van der Waals surface area (Å²) in [6.45, 7) is 0.0943. The average Bonchev–Trinajstić information content (AvgIpc) is 2.47. The summed E-state index contributed by atoms with van der Waals surface area (Å²) in [6, 6.07) is 4.60. The van der Waals surface area contributed by atoms with Crippen LogP contribution in [0.3, 0.4) is 0 Å². The van der Waals surface area contributed by atoms with E-state index in [-0.39, 0.29) is 27.8 Å². The molecule has 0 spiro atoms. The normalized spacial score (nSPS) is 19.9. The molecule has 1 saturated heterocycles. The second kappa shape index (κ2) is 6.23. The van der Waals surface area contributed by atoms with Gasteiger partial charge in [0, 0.05) is 18.1 Å². The monoisotopic (exact) mass is 346 g/mol. The van der Waals surface area contributed by atoms with Gasteiger partial charge in [-0.1, -0.05) is 11.6 Å². The van der Waals surface area contributed by atoms with Crippen molar-refractivity contribution in [3.63, 3.8) is 0 Å². The molecular formula is C12H11ClN2O4S2. The van der Waals surface area contributed by atoms with E-state index in [1.165, 1.54) is 30.0 Å². The molecule has 6 nitrogen and oxygen atoms in total. The predicted octanol–water partition coefficient (Wildman–Crippen LogP) is 1.40. The van der Waals surface area contributed by atoms with E-state index in [4.69, 9.17) is 16.9 Å². The number of hydrogen-bond donors (Lipinski definition) is 1. The molecular weight excluding hydrogens is 336 g/mol. The highest BCUT2D eigenvalue weighted by molar-refractivity contribution is 7.99. The van der Waals surface area contributed by atoms with Gasteiger partial charge in [-0.05, 0) is 18.2 Å². The lowest BCUT2D eigenvalue weighted by Crippen LogP contribution is -2.50. The Morgan fingerprint density at radius 3 is 2.86 bits per heavy atom. The fourth-order valence-corrected chi connectivity index (χ4v) is 5.30. The number of nitriles is 1. The molecule has 0 aliphatic carbocycles. The van der Waals surface area contributed by atoms with Crippen LogP contribution in [0.4, 0.5) is 0 Å². The van der Waals surface area contributed by atoms with Gasteiger partial charge in [-0.2, -0.15) is 21.3 Å². The first kappa shape index (κ1) is 16.1. The number of rotatable bonds is 3. The summed E-state index contributed by atoms with van der Waals surface area (Å²) in [4.78, 5) is 11.0. The summed E-state index contributed by atoms with van der Waals surface area (Å²) in [5, 5.41) is 18.0. The highest BCUT2D eigenvalue weighted by Crippen LogP contribution is 2.29. The van der Waals surface area contributed by atoms with Crippen molar-refractivity contribution in [2.24, 2.45) is 0 Å². The molecule has 1 aliphatic rings. The standard InChI is InChI=1S/C12H11ClN2O4S2/c13-9-2-1-8(6-14)5-11(9)21(18,19)15-3-4-20-7-10(15)12(16)17/h1-2,5,10H,3-4,7H2,(H,16,17). The number of sulfonamides is 1. The van der Waals surface area contributed by atoms with E-state index in [0.29, 0.717) is 5.75 Å². The van der Waals surface area contributed by atoms with E-state index in [0.717, 1.165) is 4.31 Å². The molecule has 0 bridgehead atoms. The zero-order chi connectivity index (χ0) is 15.6. The molecule has 0 amide bonds. The number of hydrogen-bond acceptors (Lipinski definition) is 5. The fourth-order valence-electron chi connectivity index (χ4n) is 1.97. The number of carbonyl (C=O) groups is 1. The van der Waals surface area contributed by atoms with Crippen LogP contribution in [0.25, 0.3) is 0 Å². The summed E-state index contributed by atoms with van der Waals surface area (Å²) in [5.74, 6) is -0.499. The highest BCUT2D eigenvalue weighted by Gasteiger charge is 2.38. The van der Waals surface area contributed by atoms with Crippen LogP contribution in [0.2, 0.25) is 5.02 Å². The first-order valence-electron chi connectivity index (χ1n) is 5.90. The molecule has 0 radical (unpaired) electrons. The van der Waals surface area contributed by atoms with Gasteiger partial charge < -0.3 is 5.11 Å². The van der Waals surface area contributed by atoms with E-state index >= 15 is 0 Å². The number of halogens is 1. The number of carboxylic acids is 1. The van der Waals surface area contributed by atoms with Crippen molar-refractivity contribution in [2.75, 3.05) is 18.1 Å². The van der Waals surface area contributed by atoms with Crippen LogP contribution < -0.4 is 0 Å². The maximum Gasteiger partial charge on any atom is 0.322 e. The van der Waals surface area contributed by atoms with Crippen LogP contribution >= 0.6 is 23.4 Å². The Balaban J connectivity index is 2.50. The van der Waals surface area contributed by atoms with E-state index in [2.05, 4.69) is 0 Å². The first-order chi connectivity index (χ1) is 9.87. The third kappa shape index (κ3) is 3.16. The van der Waals surface area contributed by atoms with E-state index in [9.17, 15) is 18.3 Å². The van der Waals surface area contributed by atoms with Gasteiger partial charge in [0.2, 0.25) is 10.0 Å². The van der Waals surface area contributed by atoms with Crippen LogP contribution in [0, 0.1) is 11.3 Å². The number of nitrogens with zero attached hydrogens (tertiary/aromatic N) is 2. The van der Waals surface area contributed by atoms with Gasteiger partial charge >= 0.3 is 5.97 Å². The Kier molecular flexibility index (Phi) is 4.78. The number of benzene rings is 1. The number of aliphatic carboxylic acids is 1. The molecule has 21 heavy (non-hydrogen) atoms. The van der Waals surface area contributed by atoms with Crippen molar-refractivity contribution in [1.82, 2.24) is 4.31 Å². The van der Waals surface area contributed by atoms with E-state index in [1.54, 1.807) is 0 Å². The smallest absolute Gasteiger partial charge is 0.322 e. The highest BCUT2D eigenvalue weighted by atomic mass is 35.5. The zero-order valence-electron chi connectivity index (χ0n) is 10.7. The van der Waals surface area contributed by atoms with E-state index < -0.39 is 22.0 Å². The molecule has 1 unspecified atom stereocenters. The van der Waals surface area contributed by atoms with Crippen LogP contribution in [0.1, 0.15) is 5.56 Å². The van der Waals surface area contributed by atoms with Crippen molar-refractivity contribution < 1.29 is 18.3 Å². The molecule has 0 aromatic heterocycles. The largest absolute Gasteiger partial charge is 0.480 e. The molecule has 1 atom stereocenters. The number of carboxylic acid groups (broad SMARTS) is 1. The Hall–Kier alpha value is -1.27. The SMILES string of the molecule is N#Cc1ccc(Cl)c(S(=O)(=O)N2CCSCC2C(=O)O)c1. The fraction of sp³-hybridized carbons (Fsp3) is 0.333. The molecule has 1 fully saturated rings. The third-order valence-corrected chi connectivity index (χ3v) is 6.42. The summed E-state index contributed by atoms with van der Waals surface area (Å²) >= 11 is 7.30. The quantitative estimate of drug-likeness (QED) is 0.888. The van der Waals surface area contributed by atoms with Crippen molar-refractivity contribution in [3.8, 4) is 6.07 Å². The van der Waals surface area contributed by atoms with Gasteiger partial charge in [0.05, 0.1) is 16.7 Å². The lowest BCUT2D eigenvalue weighted by atomic mass is 10.2. The van der Waals surface area contributed by atoms with Gasteiger partial charge in [-0.15, -0.1) is 0 Å². The molecule has 1 aliphatic heterocycles. The van der Waals surface area contributed by atoms with Crippen molar-refractivity contribution in [1.29, 1.82) is 5.26 Å². The second-order valence-corrected chi connectivity index (χ2v) is 7.72. The first-order valence-corrected chi connectivity index (χ1v) is 8.87. The third-order valence-electron chi connectivity index (χ3n) is 3.01. The van der Waals surface area contributed by atoms with Crippen molar-refractivity contribution in [2.45, 2.75) is 10.9 Å². The molecule has 112 valence electrons. The molecule has 1 aromatic rings. The Morgan fingerprint density at radius 2 is 2.24 bits per heavy atom. The second-order valence-electron chi connectivity index (χ2n) is 4.30. The maximum absolute atomic E-state index is 12.7. The summed E-state index contributed by atoms with van der Waals surface area (Å²) in [6.07, 6.45) is 0. The Bertz CT molecular complexity index is 714. The van der Waals surface area contributed by atoms with Crippen molar-refractivity contribution in [3.05, 3.63) is 28.8 Å². The Labute approximate surface area is 131 Å². The average molecular weight is 347 g/mol.